The Labute approximate surface area is 116 Å². The van der Waals surface area contributed by atoms with Crippen molar-refractivity contribution in [1.82, 2.24) is 9.88 Å². The lowest BCUT2D eigenvalue weighted by Crippen LogP contribution is -2.48. The molecule has 0 atom stereocenters. The summed E-state index contributed by atoms with van der Waals surface area (Å²) in [6.07, 6.45) is 0.970. The van der Waals surface area contributed by atoms with Crippen molar-refractivity contribution in [3.63, 3.8) is 0 Å². The number of ether oxygens (including phenoxy) is 1. The zero-order valence-electron chi connectivity index (χ0n) is 11.3. The minimum atomic E-state index is -0.883. The quantitative estimate of drug-likeness (QED) is 0.816. The minimum Gasteiger partial charge on any atom is -0.469 e. The first-order chi connectivity index (χ1) is 9.60. The van der Waals surface area contributed by atoms with Gasteiger partial charge in [0.05, 0.1) is 13.5 Å². The van der Waals surface area contributed by atoms with Gasteiger partial charge in [0.25, 0.3) is 0 Å². The number of methoxy groups -OCH3 is 1. The van der Waals surface area contributed by atoms with Gasteiger partial charge in [-0.1, -0.05) is 6.07 Å². The molecule has 1 aromatic rings. The van der Waals surface area contributed by atoms with Gasteiger partial charge in [0.2, 0.25) is 0 Å². The average Bonchev–Trinajstić information content (AvgIpc) is 2.48. The van der Waals surface area contributed by atoms with Gasteiger partial charge in [0.15, 0.2) is 0 Å². The molecule has 1 saturated heterocycles. The third kappa shape index (κ3) is 3.37. The normalized spacial score (nSPS) is 15.1. The second-order valence-corrected chi connectivity index (χ2v) is 4.53. The molecule has 0 spiro atoms. The highest BCUT2D eigenvalue weighted by Gasteiger charge is 2.21. The number of hydrogen-bond donors (Lipinski definition) is 1. The summed E-state index contributed by atoms with van der Waals surface area (Å²) in [7, 11) is 1.35. The molecule has 1 aliphatic rings. The maximum Gasteiger partial charge on any atom is 0.407 e. The van der Waals surface area contributed by atoms with E-state index in [-0.39, 0.29) is 12.4 Å². The molecule has 0 aliphatic carbocycles. The van der Waals surface area contributed by atoms with E-state index in [1.165, 1.54) is 12.0 Å². The van der Waals surface area contributed by atoms with Crippen LogP contribution in [0.2, 0.25) is 0 Å². The molecule has 7 heteroatoms. The summed E-state index contributed by atoms with van der Waals surface area (Å²) in [5, 5.41) is 8.89. The van der Waals surface area contributed by atoms with E-state index < -0.39 is 6.09 Å². The zero-order valence-corrected chi connectivity index (χ0v) is 11.3. The Bertz CT molecular complexity index is 481. The molecule has 2 rings (SSSR count). The van der Waals surface area contributed by atoms with Gasteiger partial charge < -0.3 is 19.6 Å². The summed E-state index contributed by atoms with van der Waals surface area (Å²) < 4.78 is 4.60. The summed E-state index contributed by atoms with van der Waals surface area (Å²) in [5.41, 5.74) is 0.796. The van der Waals surface area contributed by atoms with E-state index in [2.05, 4.69) is 9.72 Å². The summed E-state index contributed by atoms with van der Waals surface area (Å²) in [4.78, 5) is 29.7. The number of carbonyl (C=O) groups excluding carboxylic acids is 1. The lowest BCUT2D eigenvalue weighted by atomic mass is 10.2. The third-order valence-corrected chi connectivity index (χ3v) is 3.26. The lowest BCUT2D eigenvalue weighted by molar-refractivity contribution is -0.139. The van der Waals surface area contributed by atoms with E-state index in [4.69, 9.17) is 5.11 Å². The van der Waals surface area contributed by atoms with E-state index in [1.54, 1.807) is 6.20 Å². The van der Waals surface area contributed by atoms with Gasteiger partial charge in [-0.25, -0.2) is 9.78 Å². The van der Waals surface area contributed by atoms with Crippen molar-refractivity contribution in [3.05, 3.63) is 23.9 Å². The summed E-state index contributed by atoms with van der Waals surface area (Å²) in [5.74, 6) is 0.498. The Morgan fingerprint density at radius 1 is 1.30 bits per heavy atom. The molecule has 7 nitrogen and oxygen atoms in total. The molecule has 2 heterocycles. The fourth-order valence-corrected chi connectivity index (χ4v) is 2.07. The van der Waals surface area contributed by atoms with Crippen LogP contribution in [0.4, 0.5) is 10.6 Å². The maximum absolute atomic E-state index is 11.1. The van der Waals surface area contributed by atoms with Crippen LogP contribution in [0, 0.1) is 0 Å². The topological polar surface area (TPSA) is 83.0 Å². The van der Waals surface area contributed by atoms with Crippen LogP contribution in [-0.2, 0) is 16.0 Å². The highest BCUT2D eigenvalue weighted by Crippen LogP contribution is 2.14. The molecule has 0 aromatic carbocycles. The van der Waals surface area contributed by atoms with Crippen LogP contribution in [0.15, 0.2) is 18.3 Å². The molecule has 0 saturated carbocycles. The van der Waals surface area contributed by atoms with Crippen LogP contribution in [-0.4, -0.2) is 60.3 Å². The Morgan fingerprint density at radius 2 is 2.00 bits per heavy atom. The monoisotopic (exact) mass is 279 g/mol. The predicted octanol–water partition coefficient (Wildman–Crippen LogP) is 0.597. The highest BCUT2D eigenvalue weighted by molar-refractivity contribution is 5.72. The molecule has 1 N–H and O–H groups in total. The maximum atomic E-state index is 11.1. The Balaban J connectivity index is 1.94. The summed E-state index contributed by atoms with van der Waals surface area (Å²) >= 11 is 0. The molecule has 0 unspecified atom stereocenters. The van der Waals surface area contributed by atoms with Gasteiger partial charge in [-0.3, -0.25) is 4.79 Å². The lowest BCUT2D eigenvalue weighted by Gasteiger charge is -2.33. The van der Waals surface area contributed by atoms with Crippen molar-refractivity contribution in [2.75, 3.05) is 38.2 Å². The summed E-state index contributed by atoms with van der Waals surface area (Å²) in [6.45, 7) is 2.19. The molecule has 1 amide bonds. The molecular weight excluding hydrogens is 262 g/mol. The average molecular weight is 279 g/mol. The number of rotatable bonds is 3. The first kappa shape index (κ1) is 14.1. The molecule has 1 aromatic heterocycles. The first-order valence-corrected chi connectivity index (χ1v) is 6.34. The standard InChI is InChI=1S/C13H17N3O4/c1-20-12(17)8-10-2-3-11(14-9-10)15-4-6-16(7-5-15)13(18)19/h2-3,9H,4-8H2,1H3,(H,18,19). The van der Waals surface area contributed by atoms with Gasteiger partial charge in [0.1, 0.15) is 5.82 Å². The molecule has 20 heavy (non-hydrogen) atoms. The van der Waals surface area contributed by atoms with Crippen molar-refractivity contribution < 1.29 is 19.4 Å². The van der Waals surface area contributed by atoms with Crippen molar-refractivity contribution in [2.24, 2.45) is 0 Å². The molecule has 1 fully saturated rings. The number of carboxylic acid groups (broad SMARTS) is 1. The van der Waals surface area contributed by atoms with E-state index >= 15 is 0 Å². The van der Waals surface area contributed by atoms with Gasteiger partial charge in [-0.05, 0) is 11.6 Å². The molecule has 1 aliphatic heterocycles. The predicted molar refractivity (Wildman–Crippen MR) is 71.8 cm³/mol. The SMILES string of the molecule is COC(=O)Cc1ccc(N2CCN(C(=O)O)CC2)nc1. The highest BCUT2D eigenvalue weighted by atomic mass is 16.5. The third-order valence-electron chi connectivity index (χ3n) is 3.26. The molecule has 0 bridgehead atoms. The number of amides is 1. The largest absolute Gasteiger partial charge is 0.469 e. The van der Waals surface area contributed by atoms with Crippen LogP contribution in [0.1, 0.15) is 5.56 Å². The van der Waals surface area contributed by atoms with Crippen molar-refractivity contribution in [2.45, 2.75) is 6.42 Å². The number of pyridine rings is 1. The summed E-state index contributed by atoms with van der Waals surface area (Å²) in [6, 6.07) is 3.68. The van der Waals surface area contributed by atoms with Crippen LogP contribution in [0.25, 0.3) is 0 Å². The first-order valence-electron chi connectivity index (χ1n) is 6.34. The van der Waals surface area contributed by atoms with E-state index in [0.29, 0.717) is 26.2 Å². The fraction of sp³-hybridized carbons (Fsp3) is 0.462. The fourth-order valence-electron chi connectivity index (χ4n) is 2.07. The van der Waals surface area contributed by atoms with E-state index in [1.807, 2.05) is 17.0 Å². The molecular formula is C13H17N3O4. The number of nitrogens with zero attached hydrogens (tertiary/aromatic N) is 3. The number of carbonyl (C=O) groups is 2. The van der Waals surface area contributed by atoms with Crippen LogP contribution >= 0.6 is 0 Å². The van der Waals surface area contributed by atoms with Gasteiger partial charge >= 0.3 is 12.1 Å². The zero-order chi connectivity index (χ0) is 14.5. The number of aromatic nitrogens is 1. The van der Waals surface area contributed by atoms with Gasteiger partial charge in [0, 0.05) is 32.4 Å². The number of hydrogen-bond acceptors (Lipinski definition) is 5. The number of piperazine rings is 1. The van der Waals surface area contributed by atoms with Crippen molar-refractivity contribution in [1.29, 1.82) is 0 Å². The second-order valence-electron chi connectivity index (χ2n) is 4.53. The Morgan fingerprint density at radius 3 is 2.50 bits per heavy atom. The number of esters is 1. The molecule has 0 radical (unpaired) electrons. The van der Waals surface area contributed by atoms with Gasteiger partial charge in [-0.2, -0.15) is 0 Å². The smallest absolute Gasteiger partial charge is 0.407 e. The Kier molecular flexibility index (Phi) is 4.39. The Hall–Kier alpha value is -2.31. The number of anilines is 1. The van der Waals surface area contributed by atoms with Crippen LogP contribution in [0.5, 0.6) is 0 Å². The molecule has 108 valence electrons. The minimum absolute atomic E-state index is 0.205. The van der Waals surface area contributed by atoms with Crippen molar-refractivity contribution in [3.8, 4) is 0 Å². The van der Waals surface area contributed by atoms with E-state index in [9.17, 15) is 9.59 Å². The van der Waals surface area contributed by atoms with Crippen molar-refractivity contribution >= 4 is 17.9 Å². The van der Waals surface area contributed by atoms with Crippen LogP contribution < -0.4 is 4.90 Å². The van der Waals surface area contributed by atoms with Crippen LogP contribution in [0.3, 0.4) is 0 Å². The van der Waals surface area contributed by atoms with Gasteiger partial charge in [-0.15, -0.1) is 0 Å². The van der Waals surface area contributed by atoms with E-state index in [0.717, 1.165) is 11.4 Å². The second kappa shape index (κ2) is 6.23.